The molecular weight excluding hydrogens is 582 g/mol. The lowest BCUT2D eigenvalue weighted by Crippen LogP contribution is -2.21. The zero-order valence-electron chi connectivity index (χ0n) is 22.2. The lowest BCUT2D eigenvalue weighted by Gasteiger charge is -2.27. The summed E-state index contributed by atoms with van der Waals surface area (Å²) in [6.45, 7) is 2.22. The van der Waals surface area contributed by atoms with Crippen molar-refractivity contribution < 1.29 is 28.1 Å². The van der Waals surface area contributed by atoms with Crippen LogP contribution in [0.25, 0.3) is 0 Å². The highest BCUT2D eigenvalue weighted by atomic mass is 35.5. The minimum Gasteiger partial charge on any atom is -0.491 e. The highest BCUT2D eigenvalue weighted by molar-refractivity contribution is 6.37. The Kier molecular flexibility index (Phi) is 8.53. The molecule has 0 amide bonds. The molecule has 0 aliphatic carbocycles. The van der Waals surface area contributed by atoms with E-state index in [0.717, 1.165) is 5.56 Å². The summed E-state index contributed by atoms with van der Waals surface area (Å²) < 4.78 is 36.4. The van der Waals surface area contributed by atoms with Crippen molar-refractivity contribution in [3.05, 3.63) is 128 Å². The molecule has 0 radical (unpaired) electrons. The number of carbonyl (C=O) groups is 1. The second kappa shape index (κ2) is 12.4. The molecule has 1 aliphatic heterocycles. The molecule has 212 valence electrons. The molecule has 42 heavy (non-hydrogen) atoms. The van der Waals surface area contributed by atoms with Crippen LogP contribution < -0.4 is 24.7 Å². The second-order valence-electron chi connectivity index (χ2n) is 9.17. The maximum Gasteiger partial charge on any atom is 0.343 e. The monoisotopic (exact) mass is 604 g/mol. The first-order valence-corrected chi connectivity index (χ1v) is 13.6. The van der Waals surface area contributed by atoms with Crippen molar-refractivity contribution in [2.75, 3.05) is 6.61 Å². The Morgan fingerprint density at radius 1 is 1.00 bits per heavy atom. The number of nitrogens with two attached hydrogens (primary N) is 1. The number of rotatable bonds is 8. The highest BCUT2D eigenvalue weighted by Crippen LogP contribution is 2.44. The molecule has 4 aromatic carbocycles. The molecule has 4 aromatic rings. The van der Waals surface area contributed by atoms with E-state index in [4.69, 9.17) is 47.9 Å². The summed E-state index contributed by atoms with van der Waals surface area (Å²) in [6.07, 6.45) is 0. The van der Waals surface area contributed by atoms with Crippen molar-refractivity contribution in [2.45, 2.75) is 19.4 Å². The number of allylic oxidation sites excluding steroid dienone is 1. The van der Waals surface area contributed by atoms with Crippen LogP contribution in [0.5, 0.6) is 23.0 Å². The van der Waals surface area contributed by atoms with E-state index in [0.29, 0.717) is 29.2 Å². The molecule has 10 heteroatoms. The third-order valence-electron chi connectivity index (χ3n) is 6.49. The molecule has 0 aromatic heterocycles. The number of hydrogen-bond acceptors (Lipinski definition) is 7. The van der Waals surface area contributed by atoms with Crippen LogP contribution in [0.15, 0.2) is 90.3 Å². The van der Waals surface area contributed by atoms with Crippen LogP contribution in [0, 0.1) is 17.1 Å². The molecule has 1 aliphatic rings. The first kappa shape index (κ1) is 28.8. The lowest BCUT2D eigenvalue weighted by atomic mass is 9.83. The fourth-order valence-electron chi connectivity index (χ4n) is 4.50. The van der Waals surface area contributed by atoms with Crippen LogP contribution in [0.2, 0.25) is 10.0 Å². The van der Waals surface area contributed by atoms with Gasteiger partial charge < -0.3 is 24.7 Å². The lowest BCUT2D eigenvalue weighted by molar-refractivity contribution is 0.0734. The zero-order chi connectivity index (χ0) is 29.8. The number of carbonyl (C=O) groups excluding carboxylic acids is 1. The summed E-state index contributed by atoms with van der Waals surface area (Å²) >= 11 is 12.5. The van der Waals surface area contributed by atoms with E-state index in [1.807, 2.05) is 0 Å². The average Bonchev–Trinajstić information content (AvgIpc) is 2.98. The topological polar surface area (TPSA) is 104 Å². The molecule has 5 rings (SSSR count). The third-order valence-corrected chi connectivity index (χ3v) is 7.05. The van der Waals surface area contributed by atoms with Gasteiger partial charge in [0, 0.05) is 17.2 Å². The number of hydrogen-bond donors (Lipinski definition) is 1. The van der Waals surface area contributed by atoms with Crippen molar-refractivity contribution in [3.8, 4) is 29.1 Å². The summed E-state index contributed by atoms with van der Waals surface area (Å²) in [5.41, 5.74) is 8.32. The van der Waals surface area contributed by atoms with Crippen molar-refractivity contribution in [2.24, 2.45) is 5.73 Å². The van der Waals surface area contributed by atoms with Crippen molar-refractivity contribution in [1.29, 1.82) is 5.26 Å². The van der Waals surface area contributed by atoms with Gasteiger partial charge in [0.05, 0.1) is 28.1 Å². The van der Waals surface area contributed by atoms with E-state index in [-0.39, 0.29) is 51.0 Å². The number of nitriles is 1. The first-order chi connectivity index (χ1) is 20.3. The minimum atomic E-state index is -0.693. The summed E-state index contributed by atoms with van der Waals surface area (Å²) in [5, 5.41) is 10.2. The molecule has 0 saturated carbocycles. The van der Waals surface area contributed by atoms with Gasteiger partial charge in [0.15, 0.2) is 5.75 Å². The Morgan fingerprint density at radius 3 is 2.36 bits per heavy atom. The molecule has 0 spiro atoms. The van der Waals surface area contributed by atoms with Crippen LogP contribution in [-0.2, 0) is 6.61 Å². The predicted octanol–water partition coefficient (Wildman–Crippen LogP) is 7.55. The van der Waals surface area contributed by atoms with Crippen molar-refractivity contribution >= 4 is 29.2 Å². The number of benzene rings is 4. The van der Waals surface area contributed by atoms with Gasteiger partial charge in [0.25, 0.3) is 0 Å². The van der Waals surface area contributed by atoms with Gasteiger partial charge in [-0.15, -0.1) is 0 Å². The Balaban J connectivity index is 1.37. The number of esters is 1. The standard InChI is InChI=1S/C32H23Cl2FN2O5/c1-2-39-30-25(33)13-20(14-26(30)34)32(38)41-22-11-12-23-28(15-22)42-31(37)24(16-36)29(23)18-7-9-21(10-8-18)40-17-19-5-3-4-6-27(19)35/h3-15,29H,2,17,37H2,1H3. The van der Waals surface area contributed by atoms with E-state index in [1.54, 1.807) is 61.5 Å². The van der Waals surface area contributed by atoms with Gasteiger partial charge in [-0.2, -0.15) is 5.26 Å². The van der Waals surface area contributed by atoms with Gasteiger partial charge in [0.1, 0.15) is 41.3 Å². The number of fused-ring (bicyclic) bond motifs is 1. The molecule has 1 atom stereocenters. The van der Waals surface area contributed by atoms with Gasteiger partial charge >= 0.3 is 5.97 Å². The third kappa shape index (κ3) is 5.98. The molecule has 1 unspecified atom stereocenters. The number of halogens is 3. The van der Waals surface area contributed by atoms with E-state index in [9.17, 15) is 14.4 Å². The summed E-state index contributed by atoms with van der Waals surface area (Å²) in [4.78, 5) is 12.9. The quantitative estimate of drug-likeness (QED) is 0.163. The zero-order valence-corrected chi connectivity index (χ0v) is 23.7. The fourth-order valence-corrected chi connectivity index (χ4v) is 5.10. The maximum atomic E-state index is 13.9. The van der Waals surface area contributed by atoms with Crippen molar-refractivity contribution in [3.63, 3.8) is 0 Å². The van der Waals surface area contributed by atoms with Crippen LogP contribution in [-0.4, -0.2) is 12.6 Å². The SMILES string of the molecule is CCOc1c(Cl)cc(C(=O)Oc2ccc3c(c2)OC(N)=C(C#N)C3c2ccc(OCc3ccccc3F)cc2)cc1Cl. The first-order valence-electron chi connectivity index (χ1n) is 12.8. The Labute approximate surface area is 251 Å². The number of nitrogens with zero attached hydrogens (tertiary/aromatic N) is 1. The highest BCUT2D eigenvalue weighted by Gasteiger charge is 2.31. The largest absolute Gasteiger partial charge is 0.491 e. The minimum absolute atomic E-state index is 0.0663. The van der Waals surface area contributed by atoms with E-state index in [1.165, 1.54) is 24.3 Å². The molecule has 0 saturated heterocycles. The average molecular weight is 605 g/mol. The van der Waals surface area contributed by atoms with Crippen LogP contribution in [0.3, 0.4) is 0 Å². The van der Waals surface area contributed by atoms with Gasteiger partial charge in [-0.05, 0) is 48.9 Å². The van der Waals surface area contributed by atoms with Gasteiger partial charge in [-0.1, -0.05) is 59.6 Å². The molecule has 7 nitrogen and oxygen atoms in total. The normalized spacial score (nSPS) is 13.9. The summed E-state index contributed by atoms with van der Waals surface area (Å²) in [7, 11) is 0. The van der Waals surface area contributed by atoms with Crippen molar-refractivity contribution in [1.82, 2.24) is 0 Å². The Morgan fingerprint density at radius 2 is 1.69 bits per heavy atom. The van der Waals surface area contributed by atoms with E-state index in [2.05, 4.69) is 6.07 Å². The predicted molar refractivity (Wildman–Crippen MR) is 156 cm³/mol. The maximum absolute atomic E-state index is 13.9. The summed E-state index contributed by atoms with van der Waals surface area (Å²) in [6, 6.07) is 23.2. The van der Waals surface area contributed by atoms with Crippen LogP contribution >= 0.6 is 23.2 Å². The Bertz CT molecular complexity index is 1710. The second-order valence-corrected chi connectivity index (χ2v) is 9.98. The smallest absolute Gasteiger partial charge is 0.343 e. The Hall–Kier alpha value is -4.71. The van der Waals surface area contributed by atoms with Crippen LogP contribution in [0.4, 0.5) is 4.39 Å². The fraction of sp³-hybridized carbons (Fsp3) is 0.125. The summed E-state index contributed by atoms with van der Waals surface area (Å²) in [5.74, 6) is -0.331. The molecule has 0 bridgehead atoms. The van der Waals surface area contributed by atoms with E-state index >= 15 is 0 Å². The van der Waals surface area contributed by atoms with Gasteiger partial charge in [-0.25, -0.2) is 9.18 Å². The van der Waals surface area contributed by atoms with Gasteiger partial charge in [-0.3, -0.25) is 0 Å². The van der Waals surface area contributed by atoms with Gasteiger partial charge in [0.2, 0.25) is 5.88 Å². The molecule has 2 N–H and O–H groups in total. The van der Waals surface area contributed by atoms with E-state index < -0.39 is 11.9 Å². The molecule has 0 fully saturated rings. The van der Waals surface area contributed by atoms with Crippen LogP contribution in [0.1, 0.15) is 39.9 Å². The molecular formula is C32H23Cl2FN2O5. The molecule has 1 heterocycles. The number of ether oxygens (including phenoxy) is 4.